The van der Waals surface area contributed by atoms with Gasteiger partial charge in [0.1, 0.15) is 11.5 Å². The topological polar surface area (TPSA) is 103 Å². The molecule has 0 aliphatic carbocycles. The molecular weight excluding hydrogens is 386 g/mol. The Morgan fingerprint density at radius 1 is 1.07 bits per heavy atom. The molecule has 9 heteroatoms. The zero-order valence-electron chi connectivity index (χ0n) is 16.8. The summed E-state index contributed by atoms with van der Waals surface area (Å²) in [6.07, 6.45) is 0. The molecule has 9 nitrogen and oxygen atoms in total. The number of imidazole rings is 1. The quantitative estimate of drug-likeness (QED) is 0.524. The molecule has 0 aliphatic rings. The molecule has 2 N–H and O–H groups in total. The first-order valence-corrected chi connectivity index (χ1v) is 9.24. The molecule has 0 atom stereocenters. The number of phenolic OH excluding ortho intramolecular Hbond substituents is 1. The highest BCUT2D eigenvalue weighted by molar-refractivity contribution is 5.76. The van der Waals surface area contributed by atoms with Crippen molar-refractivity contribution in [3.05, 3.63) is 74.9 Å². The van der Waals surface area contributed by atoms with E-state index in [-0.39, 0.29) is 11.4 Å². The fourth-order valence-corrected chi connectivity index (χ4v) is 3.36. The van der Waals surface area contributed by atoms with Crippen molar-refractivity contribution in [1.29, 1.82) is 0 Å². The zero-order chi connectivity index (χ0) is 21.4. The van der Waals surface area contributed by atoms with Gasteiger partial charge in [0.2, 0.25) is 5.95 Å². The Labute approximate surface area is 171 Å². The number of nitrogens with one attached hydrogen (secondary N) is 1. The number of aromatic nitrogens is 4. The summed E-state index contributed by atoms with van der Waals surface area (Å²) in [5, 5.41) is 12.9. The largest absolute Gasteiger partial charge is 0.508 e. The van der Waals surface area contributed by atoms with Crippen LogP contribution in [0.1, 0.15) is 5.56 Å². The second-order valence-electron chi connectivity index (χ2n) is 6.93. The van der Waals surface area contributed by atoms with Crippen LogP contribution in [0.3, 0.4) is 0 Å². The third-order valence-corrected chi connectivity index (χ3v) is 4.93. The van der Waals surface area contributed by atoms with Crippen LogP contribution < -0.4 is 21.3 Å². The number of rotatable bonds is 5. The van der Waals surface area contributed by atoms with Gasteiger partial charge in [-0.2, -0.15) is 4.98 Å². The van der Waals surface area contributed by atoms with Gasteiger partial charge >= 0.3 is 5.69 Å². The molecule has 2 aromatic carbocycles. The van der Waals surface area contributed by atoms with Crippen LogP contribution in [-0.2, 0) is 20.6 Å². The van der Waals surface area contributed by atoms with Crippen molar-refractivity contribution in [2.24, 2.45) is 14.1 Å². The maximum atomic E-state index is 13.0. The van der Waals surface area contributed by atoms with Gasteiger partial charge in [0, 0.05) is 25.8 Å². The molecule has 154 valence electrons. The Bertz CT molecular complexity index is 1370. The number of aryl methyl sites for hydroxylation is 1. The third kappa shape index (κ3) is 3.30. The van der Waals surface area contributed by atoms with Gasteiger partial charge in [-0.1, -0.05) is 18.2 Å². The highest BCUT2D eigenvalue weighted by Gasteiger charge is 2.19. The Morgan fingerprint density at radius 2 is 1.83 bits per heavy atom. The van der Waals surface area contributed by atoms with Crippen molar-refractivity contribution in [1.82, 2.24) is 18.7 Å². The van der Waals surface area contributed by atoms with Crippen molar-refractivity contribution in [2.45, 2.75) is 6.54 Å². The number of ether oxygens (including phenoxy) is 1. The maximum absolute atomic E-state index is 13.0. The molecule has 4 aromatic rings. The molecule has 0 unspecified atom stereocenters. The molecule has 2 aromatic heterocycles. The first-order chi connectivity index (χ1) is 14.4. The van der Waals surface area contributed by atoms with Gasteiger partial charge in [0.05, 0.1) is 13.7 Å². The highest BCUT2D eigenvalue weighted by Crippen LogP contribution is 2.24. The van der Waals surface area contributed by atoms with Crippen molar-refractivity contribution in [3.63, 3.8) is 0 Å². The van der Waals surface area contributed by atoms with E-state index in [0.717, 1.165) is 10.1 Å². The number of benzene rings is 2. The van der Waals surface area contributed by atoms with E-state index in [4.69, 9.17) is 4.74 Å². The summed E-state index contributed by atoms with van der Waals surface area (Å²) in [5.41, 5.74) is 1.16. The summed E-state index contributed by atoms with van der Waals surface area (Å²) in [6.45, 7) is 0.322. The van der Waals surface area contributed by atoms with Gasteiger partial charge in [-0.25, -0.2) is 4.79 Å². The molecule has 0 spiro atoms. The number of hydrogen-bond acceptors (Lipinski definition) is 6. The Morgan fingerprint density at radius 3 is 2.57 bits per heavy atom. The van der Waals surface area contributed by atoms with Crippen LogP contribution in [0.15, 0.2) is 58.1 Å². The van der Waals surface area contributed by atoms with Gasteiger partial charge in [-0.15, -0.1) is 0 Å². The number of anilines is 2. The van der Waals surface area contributed by atoms with Gasteiger partial charge < -0.3 is 15.2 Å². The lowest BCUT2D eigenvalue weighted by molar-refractivity contribution is 0.414. The monoisotopic (exact) mass is 407 g/mol. The van der Waals surface area contributed by atoms with Crippen LogP contribution in [0.4, 0.5) is 11.6 Å². The number of nitrogens with zero attached hydrogens (tertiary/aromatic N) is 4. The smallest absolute Gasteiger partial charge is 0.332 e. The van der Waals surface area contributed by atoms with Gasteiger partial charge in [0.15, 0.2) is 11.2 Å². The number of methoxy groups -OCH3 is 1. The second kappa shape index (κ2) is 7.43. The highest BCUT2D eigenvalue weighted by atomic mass is 16.5. The SMILES string of the molecule is COc1cccc(Cn2c(Nc3cccc(O)c3)nc3c2c(=O)n(C)c(=O)n3C)c1. The lowest BCUT2D eigenvalue weighted by atomic mass is 10.2. The first-order valence-electron chi connectivity index (χ1n) is 9.24. The summed E-state index contributed by atoms with van der Waals surface area (Å²) < 4.78 is 9.42. The molecule has 0 amide bonds. The van der Waals surface area contributed by atoms with Crippen LogP contribution in [0.2, 0.25) is 0 Å². The first kappa shape index (κ1) is 19.3. The van der Waals surface area contributed by atoms with Crippen LogP contribution in [0.5, 0.6) is 11.5 Å². The molecule has 2 heterocycles. The third-order valence-electron chi connectivity index (χ3n) is 4.93. The van der Waals surface area contributed by atoms with Gasteiger partial charge in [-0.05, 0) is 29.8 Å². The molecule has 0 saturated heterocycles. The lowest BCUT2D eigenvalue weighted by Gasteiger charge is -2.12. The number of phenols is 1. The van der Waals surface area contributed by atoms with E-state index in [1.807, 2.05) is 24.3 Å². The summed E-state index contributed by atoms with van der Waals surface area (Å²) in [5.74, 6) is 1.16. The Balaban J connectivity index is 1.94. The fraction of sp³-hybridized carbons (Fsp3) is 0.190. The predicted molar refractivity (Wildman–Crippen MR) is 114 cm³/mol. The predicted octanol–water partition coefficient (Wildman–Crippen LogP) is 1.94. The van der Waals surface area contributed by atoms with Crippen LogP contribution in [0, 0.1) is 0 Å². The van der Waals surface area contributed by atoms with Crippen molar-refractivity contribution in [3.8, 4) is 11.5 Å². The number of fused-ring (bicyclic) bond motifs is 1. The summed E-state index contributed by atoms with van der Waals surface area (Å²) >= 11 is 0. The fourth-order valence-electron chi connectivity index (χ4n) is 3.36. The molecule has 0 bridgehead atoms. The summed E-state index contributed by atoms with van der Waals surface area (Å²) in [4.78, 5) is 29.9. The normalized spacial score (nSPS) is 11.0. The molecule has 0 fully saturated rings. The van der Waals surface area contributed by atoms with E-state index in [1.54, 1.807) is 43.0 Å². The molecule has 0 radical (unpaired) electrons. The molecule has 0 aliphatic heterocycles. The minimum Gasteiger partial charge on any atom is -0.508 e. The van der Waals surface area contributed by atoms with E-state index in [0.29, 0.717) is 29.4 Å². The summed E-state index contributed by atoms with van der Waals surface area (Å²) in [7, 11) is 4.60. The van der Waals surface area contributed by atoms with Crippen LogP contribution in [0.25, 0.3) is 11.2 Å². The van der Waals surface area contributed by atoms with Crippen LogP contribution >= 0.6 is 0 Å². The Hall–Kier alpha value is -4.01. The molecule has 0 saturated carbocycles. The van der Waals surface area contributed by atoms with Crippen molar-refractivity contribution < 1.29 is 9.84 Å². The number of aromatic hydroxyl groups is 1. The molecular formula is C21H21N5O4. The average molecular weight is 407 g/mol. The van der Waals surface area contributed by atoms with E-state index in [9.17, 15) is 14.7 Å². The van der Waals surface area contributed by atoms with E-state index < -0.39 is 11.2 Å². The summed E-state index contributed by atoms with van der Waals surface area (Å²) in [6, 6.07) is 14.1. The van der Waals surface area contributed by atoms with E-state index in [1.165, 1.54) is 11.6 Å². The maximum Gasteiger partial charge on any atom is 0.332 e. The van der Waals surface area contributed by atoms with Crippen molar-refractivity contribution in [2.75, 3.05) is 12.4 Å². The zero-order valence-corrected chi connectivity index (χ0v) is 16.8. The minimum atomic E-state index is -0.456. The molecule has 30 heavy (non-hydrogen) atoms. The molecule has 4 rings (SSSR count). The average Bonchev–Trinajstić information content (AvgIpc) is 3.09. The van der Waals surface area contributed by atoms with E-state index >= 15 is 0 Å². The van der Waals surface area contributed by atoms with E-state index in [2.05, 4.69) is 10.3 Å². The van der Waals surface area contributed by atoms with Gasteiger partial charge in [0.25, 0.3) is 5.56 Å². The lowest BCUT2D eigenvalue weighted by Crippen LogP contribution is -2.37. The van der Waals surface area contributed by atoms with Gasteiger partial charge in [-0.3, -0.25) is 18.5 Å². The van der Waals surface area contributed by atoms with Crippen molar-refractivity contribution >= 4 is 22.8 Å². The van der Waals surface area contributed by atoms with Crippen LogP contribution in [-0.4, -0.2) is 30.9 Å². The minimum absolute atomic E-state index is 0.0961. The Kier molecular flexibility index (Phi) is 4.78. The number of hydrogen-bond donors (Lipinski definition) is 2. The standard InChI is InChI=1S/C21H21N5O4/c1-24-18-17(19(28)25(2)21(24)29)26(12-13-6-4-9-16(10-13)30-3)20(23-18)22-14-7-5-8-15(27)11-14/h4-11,27H,12H2,1-3H3,(H,22,23). The second-order valence-corrected chi connectivity index (χ2v) is 6.93.